The second-order valence-electron chi connectivity index (χ2n) is 5.53. The van der Waals surface area contributed by atoms with E-state index in [1.54, 1.807) is 0 Å². The first-order valence-corrected chi connectivity index (χ1v) is 7.20. The van der Waals surface area contributed by atoms with E-state index in [-0.39, 0.29) is 0 Å². The fourth-order valence-corrected chi connectivity index (χ4v) is 3.02. The van der Waals surface area contributed by atoms with Gasteiger partial charge >= 0.3 is 0 Å². The van der Waals surface area contributed by atoms with Crippen molar-refractivity contribution in [1.29, 1.82) is 0 Å². The average Bonchev–Trinajstić information content (AvgIpc) is 3.25. The van der Waals surface area contributed by atoms with Crippen molar-refractivity contribution in [1.82, 2.24) is 5.16 Å². The van der Waals surface area contributed by atoms with Crippen molar-refractivity contribution in [2.45, 2.75) is 18.3 Å². The Morgan fingerprint density at radius 1 is 0.905 bits per heavy atom. The van der Waals surface area contributed by atoms with Gasteiger partial charge in [0.05, 0.1) is 5.56 Å². The molecule has 104 valence electrons. The van der Waals surface area contributed by atoms with E-state index in [1.165, 1.54) is 5.56 Å². The summed E-state index contributed by atoms with van der Waals surface area (Å²) in [5.41, 5.74) is 9.41. The number of benzene rings is 2. The van der Waals surface area contributed by atoms with E-state index < -0.39 is 0 Å². The predicted molar refractivity (Wildman–Crippen MR) is 82.9 cm³/mol. The van der Waals surface area contributed by atoms with Crippen LogP contribution in [-0.2, 0) is 0 Å². The molecule has 4 rings (SSSR count). The van der Waals surface area contributed by atoms with Gasteiger partial charge in [0.1, 0.15) is 0 Å². The molecule has 1 aliphatic carbocycles. The highest BCUT2D eigenvalue weighted by Gasteiger charge is 2.44. The van der Waals surface area contributed by atoms with Crippen LogP contribution in [0.3, 0.4) is 0 Å². The van der Waals surface area contributed by atoms with Crippen LogP contribution in [0, 0.1) is 0 Å². The van der Waals surface area contributed by atoms with Crippen molar-refractivity contribution in [3.05, 3.63) is 72.0 Å². The molecule has 2 N–H and O–H groups in total. The quantitative estimate of drug-likeness (QED) is 0.780. The molecule has 1 aliphatic rings. The van der Waals surface area contributed by atoms with E-state index in [9.17, 15) is 0 Å². The summed E-state index contributed by atoms with van der Waals surface area (Å²) in [4.78, 5) is 0. The van der Waals surface area contributed by atoms with Crippen molar-refractivity contribution in [3.63, 3.8) is 0 Å². The molecule has 1 aromatic heterocycles. The van der Waals surface area contributed by atoms with Crippen LogP contribution in [0.15, 0.2) is 65.2 Å². The number of rotatable bonds is 3. The van der Waals surface area contributed by atoms with Crippen molar-refractivity contribution >= 4 is 5.82 Å². The molecule has 3 heteroatoms. The largest absolute Gasteiger partial charge is 0.380 e. The molecule has 0 saturated heterocycles. The maximum absolute atomic E-state index is 6.02. The van der Waals surface area contributed by atoms with Gasteiger partial charge in [0.25, 0.3) is 0 Å². The van der Waals surface area contributed by atoms with E-state index in [0.717, 1.165) is 23.3 Å². The highest BCUT2D eigenvalue weighted by Crippen LogP contribution is 2.57. The fourth-order valence-electron chi connectivity index (χ4n) is 3.02. The summed E-state index contributed by atoms with van der Waals surface area (Å²) in [6.45, 7) is 0. The lowest BCUT2D eigenvalue weighted by Crippen LogP contribution is -1.90. The number of nitrogens with two attached hydrogens (primary N) is 1. The van der Waals surface area contributed by atoms with Crippen molar-refractivity contribution < 1.29 is 4.52 Å². The summed E-state index contributed by atoms with van der Waals surface area (Å²) in [5, 5.41) is 3.99. The van der Waals surface area contributed by atoms with Crippen LogP contribution in [-0.4, -0.2) is 5.16 Å². The molecule has 1 fully saturated rings. The smallest absolute Gasteiger partial charge is 0.175 e. The molecule has 0 bridgehead atoms. The third kappa shape index (κ3) is 2.11. The minimum Gasteiger partial charge on any atom is -0.380 e. The van der Waals surface area contributed by atoms with Gasteiger partial charge in [-0.1, -0.05) is 65.8 Å². The van der Waals surface area contributed by atoms with Crippen LogP contribution in [0.5, 0.6) is 0 Å². The van der Waals surface area contributed by atoms with Crippen molar-refractivity contribution in [3.8, 4) is 11.1 Å². The van der Waals surface area contributed by atoms with Gasteiger partial charge in [-0.2, -0.15) is 0 Å². The molecule has 1 heterocycles. The lowest BCUT2D eigenvalue weighted by Gasteiger charge is -2.02. The number of nitrogen functional groups attached to an aromatic ring is 1. The van der Waals surface area contributed by atoms with Crippen molar-refractivity contribution in [2.75, 3.05) is 5.73 Å². The minimum atomic E-state index is 0.382. The van der Waals surface area contributed by atoms with Gasteiger partial charge in [-0.05, 0) is 23.5 Å². The minimum absolute atomic E-state index is 0.382. The third-order valence-corrected chi connectivity index (χ3v) is 4.16. The zero-order valence-electron chi connectivity index (χ0n) is 11.6. The Bertz CT molecular complexity index is 749. The maximum atomic E-state index is 6.02. The van der Waals surface area contributed by atoms with Gasteiger partial charge in [-0.25, -0.2) is 0 Å². The Balaban J connectivity index is 1.69. The van der Waals surface area contributed by atoms with Gasteiger partial charge in [0.15, 0.2) is 11.6 Å². The van der Waals surface area contributed by atoms with Crippen LogP contribution in [0.1, 0.15) is 29.6 Å². The Hall–Kier alpha value is -2.55. The second-order valence-corrected chi connectivity index (χ2v) is 5.53. The first kappa shape index (κ1) is 12.2. The Morgan fingerprint density at radius 2 is 1.57 bits per heavy atom. The monoisotopic (exact) mass is 276 g/mol. The molecule has 3 nitrogen and oxygen atoms in total. The molecule has 3 aromatic rings. The van der Waals surface area contributed by atoms with Gasteiger partial charge in [0, 0.05) is 5.92 Å². The number of hydrogen-bond donors (Lipinski definition) is 1. The van der Waals surface area contributed by atoms with Gasteiger partial charge in [0.2, 0.25) is 0 Å². The number of aromatic nitrogens is 1. The first-order chi connectivity index (χ1) is 10.3. The zero-order chi connectivity index (χ0) is 14.2. The van der Waals surface area contributed by atoms with Gasteiger partial charge in [-0.3, -0.25) is 0 Å². The molecule has 0 aliphatic heterocycles. The van der Waals surface area contributed by atoms with Gasteiger partial charge in [-0.15, -0.1) is 0 Å². The summed E-state index contributed by atoms with van der Waals surface area (Å²) >= 11 is 0. The van der Waals surface area contributed by atoms with E-state index in [0.29, 0.717) is 17.7 Å². The van der Waals surface area contributed by atoms with E-state index in [1.807, 2.05) is 36.4 Å². The molecule has 0 radical (unpaired) electrons. The summed E-state index contributed by atoms with van der Waals surface area (Å²) < 4.78 is 5.55. The lowest BCUT2D eigenvalue weighted by molar-refractivity contribution is 0.386. The molecular formula is C18H16N2O. The van der Waals surface area contributed by atoms with E-state index in [4.69, 9.17) is 10.3 Å². The summed E-state index contributed by atoms with van der Waals surface area (Å²) in [7, 11) is 0. The average molecular weight is 276 g/mol. The molecule has 2 aromatic carbocycles. The highest BCUT2D eigenvalue weighted by molar-refractivity contribution is 5.76. The summed E-state index contributed by atoms with van der Waals surface area (Å²) in [6.07, 6.45) is 1.10. The molecule has 2 unspecified atom stereocenters. The standard InChI is InChI=1S/C18H16N2O/c19-18-16(13-9-5-2-6-10-13)17(21-20-18)15-11-14(15)12-7-3-1-4-8-12/h1-10,14-15H,11H2,(H2,19,20). The first-order valence-electron chi connectivity index (χ1n) is 7.20. The number of nitrogens with zero attached hydrogens (tertiary/aromatic N) is 1. The Labute approximate surface area is 123 Å². The lowest BCUT2D eigenvalue weighted by atomic mass is 10.0. The molecule has 0 spiro atoms. The highest BCUT2D eigenvalue weighted by atomic mass is 16.5. The Morgan fingerprint density at radius 3 is 2.29 bits per heavy atom. The maximum Gasteiger partial charge on any atom is 0.175 e. The van der Waals surface area contributed by atoms with Crippen LogP contribution >= 0.6 is 0 Å². The fraction of sp³-hybridized carbons (Fsp3) is 0.167. The van der Waals surface area contributed by atoms with E-state index in [2.05, 4.69) is 29.4 Å². The van der Waals surface area contributed by atoms with Crippen LogP contribution in [0.25, 0.3) is 11.1 Å². The molecule has 1 saturated carbocycles. The second kappa shape index (κ2) is 4.77. The molecule has 21 heavy (non-hydrogen) atoms. The topological polar surface area (TPSA) is 52.0 Å². The predicted octanol–water partition coefficient (Wildman–Crippen LogP) is 4.19. The zero-order valence-corrected chi connectivity index (χ0v) is 11.6. The summed E-state index contributed by atoms with van der Waals surface area (Å²) in [5.74, 6) is 2.30. The van der Waals surface area contributed by atoms with E-state index >= 15 is 0 Å². The summed E-state index contributed by atoms with van der Waals surface area (Å²) in [6, 6.07) is 20.7. The molecule has 0 amide bonds. The van der Waals surface area contributed by atoms with Crippen LogP contribution in [0.2, 0.25) is 0 Å². The SMILES string of the molecule is Nc1noc(C2CC2c2ccccc2)c1-c1ccccc1. The number of hydrogen-bond acceptors (Lipinski definition) is 3. The third-order valence-electron chi connectivity index (χ3n) is 4.16. The molecular weight excluding hydrogens is 260 g/mol. The van der Waals surface area contributed by atoms with Crippen LogP contribution < -0.4 is 5.73 Å². The normalized spacial score (nSPS) is 20.4. The van der Waals surface area contributed by atoms with Crippen LogP contribution in [0.4, 0.5) is 5.82 Å². The molecule has 2 atom stereocenters. The van der Waals surface area contributed by atoms with Gasteiger partial charge < -0.3 is 10.3 Å². The number of anilines is 1. The van der Waals surface area contributed by atoms with Crippen molar-refractivity contribution in [2.24, 2.45) is 0 Å². The Kier molecular flexibility index (Phi) is 2.78.